The van der Waals surface area contributed by atoms with Crippen LogP contribution in [0.25, 0.3) is 22.3 Å². The number of nitrogen functional groups attached to an aromatic ring is 1. The minimum atomic E-state index is 0.404. The summed E-state index contributed by atoms with van der Waals surface area (Å²) >= 11 is 5.98. The Morgan fingerprint density at radius 2 is 1.90 bits per heavy atom. The highest BCUT2D eigenvalue weighted by atomic mass is 35.5. The molecule has 0 aliphatic heterocycles. The van der Waals surface area contributed by atoms with Crippen molar-refractivity contribution in [3.05, 3.63) is 47.0 Å². The first-order chi connectivity index (χ1) is 10.1. The van der Waals surface area contributed by atoms with Gasteiger partial charge in [0.25, 0.3) is 0 Å². The van der Waals surface area contributed by atoms with Gasteiger partial charge >= 0.3 is 0 Å². The summed E-state index contributed by atoms with van der Waals surface area (Å²) in [6, 6.07) is 11.2. The Balaban J connectivity index is 2.26. The van der Waals surface area contributed by atoms with Gasteiger partial charge in [0, 0.05) is 10.4 Å². The summed E-state index contributed by atoms with van der Waals surface area (Å²) in [6.45, 7) is 2.01. The van der Waals surface area contributed by atoms with Gasteiger partial charge in [0.2, 0.25) is 0 Å². The summed E-state index contributed by atoms with van der Waals surface area (Å²) in [7, 11) is 1.62. The minimum Gasteiger partial charge on any atom is -0.496 e. The van der Waals surface area contributed by atoms with E-state index in [2.05, 4.69) is 9.97 Å². The third kappa shape index (κ3) is 2.50. The molecule has 5 heteroatoms. The quantitative estimate of drug-likeness (QED) is 0.781. The van der Waals surface area contributed by atoms with Gasteiger partial charge in [-0.05, 0) is 37.3 Å². The van der Waals surface area contributed by atoms with Crippen LogP contribution in [-0.2, 0) is 0 Å². The Kier molecular flexibility index (Phi) is 3.39. The summed E-state index contributed by atoms with van der Waals surface area (Å²) in [5.41, 5.74) is 8.72. The van der Waals surface area contributed by atoms with Gasteiger partial charge in [-0.15, -0.1) is 0 Å². The molecule has 0 saturated heterocycles. The molecule has 1 heterocycles. The van der Waals surface area contributed by atoms with Crippen molar-refractivity contribution in [1.82, 2.24) is 9.97 Å². The second kappa shape index (κ2) is 5.22. The fraction of sp³-hybridized carbons (Fsp3) is 0.125. The number of ether oxygens (including phenoxy) is 1. The SMILES string of the molecule is COc1ccc(C)cc1-c1nc(N)c2cc(Cl)ccc2n1. The molecule has 4 nitrogen and oxygen atoms in total. The zero-order chi connectivity index (χ0) is 15.0. The van der Waals surface area contributed by atoms with Gasteiger partial charge in [0.15, 0.2) is 5.82 Å². The molecule has 0 bridgehead atoms. The standard InChI is InChI=1S/C16H14ClN3O/c1-9-3-6-14(21-2)12(7-9)16-19-13-5-4-10(17)8-11(13)15(18)20-16/h3-8H,1-2H3,(H2,18,19,20). The van der Waals surface area contributed by atoms with Gasteiger partial charge < -0.3 is 10.5 Å². The van der Waals surface area contributed by atoms with Gasteiger partial charge in [-0.1, -0.05) is 23.2 Å². The van der Waals surface area contributed by atoms with E-state index < -0.39 is 0 Å². The molecule has 2 aromatic carbocycles. The maximum absolute atomic E-state index is 6.04. The Morgan fingerprint density at radius 3 is 2.67 bits per heavy atom. The van der Waals surface area contributed by atoms with E-state index in [0.29, 0.717) is 22.4 Å². The predicted octanol–water partition coefficient (Wildman–Crippen LogP) is 3.85. The summed E-state index contributed by atoms with van der Waals surface area (Å²) in [4.78, 5) is 8.96. The van der Waals surface area contributed by atoms with Crippen LogP contribution in [0.3, 0.4) is 0 Å². The Morgan fingerprint density at radius 1 is 1.10 bits per heavy atom. The summed E-state index contributed by atoms with van der Waals surface area (Å²) in [6.07, 6.45) is 0. The topological polar surface area (TPSA) is 61.0 Å². The molecule has 0 amide bonds. The monoisotopic (exact) mass is 299 g/mol. The molecule has 106 valence electrons. The number of hydrogen-bond donors (Lipinski definition) is 1. The third-order valence-electron chi connectivity index (χ3n) is 3.28. The normalized spacial score (nSPS) is 10.8. The number of halogens is 1. The van der Waals surface area contributed by atoms with Crippen LogP contribution >= 0.6 is 11.6 Å². The van der Waals surface area contributed by atoms with Gasteiger partial charge in [-0.2, -0.15) is 0 Å². The molecule has 0 radical (unpaired) electrons. The minimum absolute atomic E-state index is 0.404. The molecule has 1 aromatic heterocycles. The molecule has 21 heavy (non-hydrogen) atoms. The van der Waals surface area contributed by atoms with Gasteiger partial charge in [0.05, 0.1) is 18.2 Å². The van der Waals surface area contributed by atoms with E-state index in [1.807, 2.05) is 31.2 Å². The van der Waals surface area contributed by atoms with Crippen LogP contribution in [0, 0.1) is 6.92 Å². The molecule has 0 spiro atoms. The highest BCUT2D eigenvalue weighted by molar-refractivity contribution is 6.31. The number of aromatic nitrogens is 2. The van der Waals surface area contributed by atoms with Crippen LogP contribution in [0.15, 0.2) is 36.4 Å². The number of nitrogens with zero attached hydrogens (tertiary/aromatic N) is 2. The molecule has 0 atom stereocenters. The first-order valence-electron chi connectivity index (χ1n) is 6.46. The van der Waals surface area contributed by atoms with Crippen molar-refractivity contribution in [1.29, 1.82) is 0 Å². The van der Waals surface area contributed by atoms with Crippen LogP contribution in [-0.4, -0.2) is 17.1 Å². The molecule has 0 saturated carbocycles. The molecule has 3 rings (SSSR count). The number of rotatable bonds is 2. The third-order valence-corrected chi connectivity index (χ3v) is 3.52. The summed E-state index contributed by atoms with van der Waals surface area (Å²) in [5.74, 6) is 1.66. The molecule has 3 aromatic rings. The average molecular weight is 300 g/mol. The largest absolute Gasteiger partial charge is 0.496 e. The van der Waals surface area contributed by atoms with E-state index >= 15 is 0 Å². The van der Waals surface area contributed by atoms with Gasteiger partial charge in [-0.3, -0.25) is 0 Å². The van der Waals surface area contributed by atoms with Crippen LogP contribution in [0.1, 0.15) is 5.56 Å². The van der Waals surface area contributed by atoms with Crippen LogP contribution in [0.4, 0.5) is 5.82 Å². The number of methoxy groups -OCH3 is 1. The van der Waals surface area contributed by atoms with E-state index in [0.717, 1.165) is 22.0 Å². The maximum Gasteiger partial charge on any atom is 0.165 e. The molecule has 0 fully saturated rings. The lowest BCUT2D eigenvalue weighted by Crippen LogP contribution is -1.99. The van der Waals surface area contributed by atoms with Gasteiger partial charge in [0.1, 0.15) is 11.6 Å². The number of fused-ring (bicyclic) bond motifs is 1. The Bertz CT molecular complexity index is 833. The summed E-state index contributed by atoms with van der Waals surface area (Å²) in [5, 5.41) is 1.36. The van der Waals surface area contributed by atoms with Crippen molar-refractivity contribution in [2.45, 2.75) is 6.92 Å². The van der Waals surface area contributed by atoms with Crippen molar-refractivity contribution in [3.63, 3.8) is 0 Å². The molecule has 0 aliphatic rings. The first kappa shape index (κ1) is 13.6. The van der Waals surface area contributed by atoms with E-state index in [9.17, 15) is 0 Å². The van der Waals surface area contributed by atoms with Crippen LogP contribution in [0.5, 0.6) is 5.75 Å². The maximum atomic E-state index is 6.04. The van der Waals surface area contributed by atoms with E-state index in [1.54, 1.807) is 19.2 Å². The molecular weight excluding hydrogens is 286 g/mol. The predicted molar refractivity (Wildman–Crippen MR) is 85.7 cm³/mol. The van der Waals surface area contributed by atoms with Crippen LogP contribution < -0.4 is 10.5 Å². The number of anilines is 1. The second-order valence-corrected chi connectivity index (χ2v) is 5.23. The Hall–Kier alpha value is -2.33. The first-order valence-corrected chi connectivity index (χ1v) is 6.84. The van der Waals surface area contributed by atoms with Gasteiger partial charge in [-0.25, -0.2) is 9.97 Å². The van der Waals surface area contributed by atoms with E-state index in [1.165, 1.54) is 0 Å². The molecule has 0 aliphatic carbocycles. The number of aryl methyl sites for hydroxylation is 1. The van der Waals surface area contributed by atoms with Crippen molar-refractivity contribution < 1.29 is 4.74 Å². The highest BCUT2D eigenvalue weighted by Gasteiger charge is 2.12. The van der Waals surface area contributed by atoms with Crippen LogP contribution in [0.2, 0.25) is 5.02 Å². The lowest BCUT2D eigenvalue weighted by molar-refractivity contribution is 0.416. The lowest BCUT2D eigenvalue weighted by atomic mass is 10.1. The smallest absolute Gasteiger partial charge is 0.165 e. The van der Waals surface area contributed by atoms with Crippen molar-refractivity contribution in [2.24, 2.45) is 0 Å². The second-order valence-electron chi connectivity index (χ2n) is 4.80. The lowest BCUT2D eigenvalue weighted by Gasteiger charge is -2.10. The Labute approximate surface area is 127 Å². The number of hydrogen-bond acceptors (Lipinski definition) is 4. The molecule has 2 N–H and O–H groups in total. The number of nitrogens with two attached hydrogens (primary N) is 1. The van der Waals surface area contributed by atoms with Crippen molar-refractivity contribution in [2.75, 3.05) is 12.8 Å². The van der Waals surface area contributed by atoms with Crippen molar-refractivity contribution in [3.8, 4) is 17.1 Å². The fourth-order valence-electron chi connectivity index (χ4n) is 2.24. The van der Waals surface area contributed by atoms with E-state index in [-0.39, 0.29) is 0 Å². The average Bonchev–Trinajstić information content (AvgIpc) is 2.47. The zero-order valence-electron chi connectivity index (χ0n) is 11.7. The zero-order valence-corrected chi connectivity index (χ0v) is 12.5. The molecule has 0 unspecified atom stereocenters. The molecular formula is C16H14ClN3O. The van der Waals surface area contributed by atoms with Crippen molar-refractivity contribution >= 4 is 28.3 Å². The highest BCUT2D eigenvalue weighted by Crippen LogP contribution is 2.31. The number of benzene rings is 2. The fourth-order valence-corrected chi connectivity index (χ4v) is 2.41. The van der Waals surface area contributed by atoms with E-state index in [4.69, 9.17) is 22.1 Å². The summed E-state index contributed by atoms with van der Waals surface area (Å²) < 4.78 is 5.38.